The van der Waals surface area contributed by atoms with Crippen LogP contribution in [-0.2, 0) is 9.59 Å². The zero-order chi connectivity index (χ0) is 14.4. The van der Waals surface area contributed by atoms with Crippen molar-refractivity contribution in [3.63, 3.8) is 0 Å². The van der Waals surface area contributed by atoms with Crippen LogP contribution < -0.4 is 16.4 Å². The van der Waals surface area contributed by atoms with E-state index in [4.69, 9.17) is 5.73 Å². The van der Waals surface area contributed by atoms with Gasteiger partial charge in [-0.15, -0.1) is 0 Å². The summed E-state index contributed by atoms with van der Waals surface area (Å²) >= 11 is 0. The van der Waals surface area contributed by atoms with Crippen LogP contribution in [0.2, 0.25) is 0 Å². The first-order chi connectivity index (χ1) is 8.92. The van der Waals surface area contributed by atoms with E-state index in [0.29, 0.717) is 24.9 Å². The van der Waals surface area contributed by atoms with Crippen LogP contribution >= 0.6 is 0 Å². The molecule has 1 aliphatic carbocycles. The van der Waals surface area contributed by atoms with Crippen molar-refractivity contribution in [3.05, 3.63) is 0 Å². The molecule has 1 aliphatic rings. The normalized spacial score (nSPS) is 17.9. The van der Waals surface area contributed by atoms with Gasteiger partial charge in [-0.05, 0) is 44.6 Å². The van der Waals surface area contributed by atoms with Gasteiger partial charge in [0.05, 0.1) is 0 Å². The van der Waals surface area contributed by atoms with Gasteiger partial charge in [-0.1, -0.05) is 13.8 Å². The summed E-state index contributed by atoms with van der Waals surface area (Å²) in [4.78, 5) is 23.6. The van der Waals surface area contributed by atoms with Crippen molar-refractivity contribution >= 4 is 11.8 Å². The molecule has 0 bridgehead atoms. The van der Waals surface area contributed by atoms with Crippen LogP contribution in [0.3, 0.4) is 0 Å². The predicted octanol–water partition coefficient (Wildman–Crippen LogP) is 0.781. The molecule has 110 valence electrons. The van der Waals surface area contributed by atoms with E-state index >= 15 is 0 Å². The molecule has 0 aromatic carbocycles. The second-order valence-corrected chi connectivity index (χ2v) is 6.01. The first-order valence-corrected chi connectivity index (χ1v) is 7.22. The van der Waals surface area contributed by atoms with Crippen LogP contribution in [0.4, 0.5) is 0 Å². The van der Waals surface area contributed by atoms with Crippen molar-refractivity contribution < 1.29 is 9.59 Å². The lowest BCUT2D eigenvalue weighted by molar-refractivity contribution is -0.129. The molecule has 2 amide bonds. The number of nitrogens with one attached hydrogen (secondary N) is 2. The molecule has 0 aromatic rings. The van der Waals surface area contributed by atoms with Gasteiger partial charge in [0.15, 0.2) is 0 Å². The largest absolute Gasteiger partial charge is 0.352 e. The van der Waals surface area contributed by atoms with E-state index < -0.39 is 6.04 Å². The molecule has 1 saturated carbocycles. The van der Waals surface area contributed by atoms with Crippen LogP contribution in [0, 0.1) is 11.8 Å². The van der Waals surface area contributed by atoms with Gasteiger partial charge in [0.25, 0.3) is 0 Å². The molecule has 5 nitrogen and oxygen atoms in total. The summed E-state index contributed by atoms with van der Waals surface area (Å²) in [5, 5.41) is 5.62. The third-order valence-electron chi connectivity index (χ3n) is 3.31. The molecule has 0 aromatic heterocycles. The lowest BCUT2D eigenvalue weighted by Crippen LogP contribution is -2.46. The number of hydrogen-bond acceptors (Lipinski definition) is 3. The molecule has 4 N–H and O–H groups in total. The highest BCUT2D eigenvalue weighted by Crippen LogP contribution is 2.18. The molecule has 0 spiro atoms. The molecule has 1 rings (SSSR count). The van der Waals surface area contributed by atoms with Crippen molar-refractivity contribution in [2.24, 2.45) is 17.6 Å². The van der Waals surface area contributed by atoms with E-state index in [9.17, 15) is 9.59 Å². The third kappa shape index (κ3) is 6.57. The number of amides is 2. The molecule has 1 fully saturated rings. The van der Waals surface area contributed by atoms with Crippen LogP contribution in [0.1, 0.15) is 46.5 Å². The zero-order valence-corrected chi connectivity index (χ0v) is 12.2. The SMILES string of the molecule is CC(C)CC(CN)CC(=O)NC(C)C(=O)NC1CC1. The molecule has 0 aliphatic heterocycles. The monoisotopic (exact) mass is 269 g/mol. The lowest BCUT2D eigenvalue weighted by Gasteiger charge is -2.18. The summed E-state index contributed by atoms with van der Waals surface area (Å²) in [5.41, 5.74) is 5.67. The Morgan fingerprint density at radius 3 is 2.37 bits per heavy atom. The maximum absolute atomic E-state index is 11.9. The quantitative estimate of drug-likeness (QED) is 0.609. The van der Waals surface area contributed by atoms with E-state index in [2.05, 4.69) is 24.5 Å². The Morgan fingerprint density at radius 1 is 1.26 bits per heavy atom. The number of carbonyl (C=O) groups is 2. The summed E-state index contributed by atoms with van der Waals surface area (Å²) in [5.74, 6) is 0.536. The van der Waals surface area contributed by atoms with Gasteiger partial charge in [0.2, 0.25) is 11.8 Å². The minimum Gasteiger partial charge on any atom is -0.352 e. The fraction of sp³-hybridized carbons (Fsp3) is 0.857. The first kappa shape index (κ1) is 16.0. The van der Waals surface area contributed by atoms with E-state index in [1.807, 2.05) is 0 Å². The number of rotatable bonds is 8. The van der Waals surface area contributed by atoms with Gasteiger partial charge in [0.1, 0.15) is 6.04 Å². The Labute approximate surface area is 115 Å². The first-order valence-electron chi connectivity index (χ1n) is 7.22. The third-order valence-corrected chi connectivity index (χ3v) is 3.31. The molecular weight excluding hydrogens is 242 g/mol. The fourth-order valence-corrected chi connectivity index (χ4v) is 2.11. The molecule has 5 heteroatoms. The molecule has 2 atom stereocenters. The number of carbonyl (C=O) groups excluding carboxylic acids is 2. The highest BCUT2D eigenvalue weighted by molar-refractivity contribution is 5.87. The van der Waals surface area contributed by atoms with Crippen molar-refractivity contribution in [2.75, 3.05) is 6.54 Å². The average molecular weight is 269 g/mol. The summed E-state index contributed by atoms with van der Waals surface area (Å²) in [7, 11) is 0. The summed E-state index contributed by atoms with van der Waals surface area (Å²) in [6.07, 6.45) is 3.44. The van der Waals surface area contributed by atoms with Gasteiger partial charge in [-0.3, -0.25) is 9.59 Å². The molecule has 0 saturated heterocycles. The van der Waals surface area contributed by atoms with Crippen LogP contribution in [0.15, 0.2) is 0 Å². The molecular formula is C14H27N3O2. The second kappa shape index (κ2) is 7.48. The topological polar surface area (TPSA) is 84.2 Å². The van der Waals surface area contributed by atoms with Gasteiger partial charge in [0, 0.05) is 12.5 Å². The maximum Gasteiger partial charge on any atom is 0.242 e. The van der Waals surface area contributed by atoms with Crippen LogP contribution in [0.25, 0.3) is 0 Å². The van der Waals surface area contributed by atoms with Crippen molar-refractivity contribution in [2.45, 2.75) is 58.5 Å². The highest BCUT2D eigenvalue weighted by atomic mass is 16.2. The van der Waals surface area contributed by atoms with Gasteiger partial charge >= 0.3 is 0 Å². The Kier molecular flexibility index (Phi) is 6.28. The molecule has 19 heavy (non-hydrogen) atoms. The van der Waals surface area contributed by atoms with E-state index in [-0.39, 0.29) is 17.7 Å². The van der Waals surface area contributed by atoms with Crippen LogP contribution in [-0.4, -0.2) is 30.4 Å². The van der Waals surface area contributed by atoms with Crippen molar-refractivity contribution in [3.8, 4) is 0 Å². The smallest absolute Gasteiger partial charge is 0.242 e. The van der Waals surface area contributed by atoms with Gasteiger partial charge < -0.3 is 16.4 Å². The predicted molar refractivity (Wildman–Crippen MR) is 75.4 cm³/mol. The Balaban J connectivity index is 2.29. The highest BCUT2D eigenvalue weighted by Gasteiger charge is 2.26. The lowest BCUT2D eigenvalue weighted by atomic mass is 9.94. The van der Waals surface area contributed by atoms with Crippen LogP contribution in [0.5, 0.6) is 0 Å². The Bertz CT molecular complexity index is 314. The van der Waals surface area contributed by atoms with Crippen molar-refractivity contribution in [1.82, 2.24) is 10.6 Å². The standard InChI is InChI=1S/C14H27N3O2/c1-9(2)6-11(8-15)7-13(18)16-10(3)14(19)17-12-4-5-12/h9-12H,4-8,15H2,1-3H3,(H,16,18)(H,17,19). The molecule has 2 unspecified atom stereocenters. The number of hydrogen-bond donors (Lipinski definition) is 3. The molecule has 0 radical (unpaired) electrons. The fourth-order valence-electron chi connectivity index (χ4n) is 2.11. The average Bonchev–Trinajstić information content (AvgIpc) is 3.11. The minimum absolute atomic E-state index is 0.0884. The Hall–Kier alpha value is -1.10. The Morgan fingerprint density at radius 2 is 1.89 bits per heavy atom. The summed E-state index contributed by atoms with van der Waals surface area (Å²) in [6, 6.07) is -0.143. The van der Waals surface area contributed by atoms with E-state index in [1.54, 1.807) is 6.92 Å². The van der Waals surface area contributed by atoms with E-state index in [0.717, 1.165) is 19.3 Å². The zero-order valence-electron chi connectivity index (χ0n) is 12.2. The maximum atomic E-state index is 11.9. The van der Waals surface area contributed by atoms with Gasteiger partial charge in [-0.2, -0.15) is 0 Å². The summed E-state index contributed by atoms with van der Waals surface area (Å²) in [6.45, 7) is 6.46. The van der Waals surface area contributed by atoms with Crippen molar-refractivity contribution in [1.29, 1.82) is 0 Å². The summed E-state index contributed by atoms with van der Waals surface area (Å²) < 4.78 is 0. The van der Waals surface area contributed by atoms with Gasteiger partial charge in [-0.25, -0.2) is 0 Å². The molecule has 0 heterocycles. The minimum atomic E-state index is -0.467. The second-order valence-electron chi connectivity index (χ2n) is 6.01. The van der Waals surface area contributed by atoms with E-state index in [1.165, 1.54) is 0 Å². The number of nitrogens with two attached hydrogens (primary N) is 1.